The molecule has 1 aromatic heterocycles. The van der Waals surface area contributed by atoms with Crippen molar-refractivity contribution in [3.05, 3.63) is 24.3 Å². The van der Waals surface area contributed by atoms with Crippen LogP contribution in [-0.2, 0) is 4.74 Å². The molecule has 0 aliphatic carbocycles. The van der Waals surface area contributed by atoms with E-state index in [1.54, 1.807) is 0 Å². The molecule has 6 heteroatoms. The van der Waals surface area contributed by atoms with Gasteiger partial charge in [0.2, 0.25) is 0 Å². The molecule has 2 fully saturated rings. The number of para-hydroxylation sites is 1. The molecule has 4 rings (SSSR count). The fraction of sp³-hybridized carbons (Fsp3) is 0.533. The monoisotopic (exact) mass is 286 g/mol. The van der Waals surface area contributed by atoms with Gasteiger partial charge < -0.3 is 14.8 Å². The van der Waals surface area contributed by atoms with E-state index in [0.717, 1.165) is 43.4 Å². The number of aromatic nitrogens is 3. The lowest BCUT2D eigenvalue weighted by molar-refractivity contribution is -0.0206. The molecule has 1 spiro atoms. The Kier molecular flexibility index (Phi) is 3.20. The normalized spacial score (nSPS) is 24.5. The molecule has 0 radical (unpaired) electrons. The Hall–Kier alpha value is -1.79. The molecule has 1 unspecified atom stereocenters. The average molecular weight is 286 g/mol. The summed E-state index contributed by atoms with van der Waals surface area (Å²) in [6.07, 6.45) is 3.02. The lowest BCUT2D eigenvalue weighted by Crippen LogP contribution is -2.41. The molecule has 1 atom stereocenters. The number of hydrogen-bond acceptors (Lipinski definition) is 6. The second-order valence-electron chi connectivity index (χ2n) is 5.77. The van der Waals surface area contributed by atoms with Gasteiger partial charge in [0, 0.05) is 6.42 Å². The lowest BCUT2D eigenvalue weighted by Gasteiger charge is -2.32. The van der Waals surface area contributed by atoms with Gasteiger partial charge in [0.1, 0.15) is 11.6 Å². The number of piperidine rings is 1. The molecule has 2 saturated heterocycles. The minimum Gasteiger partial charge on any atom is -0.456 e. The average Bonchev–Trinajstić information content (AvgIpc) is 2.90. The van der Waals surface area contributed by atoms with Crippen LogP contribution >= 0.6 is 0 Å². The van der Waals surface area contributed by atoms with Crippen molar-refractivity contribution < 1.29 is 9.47 Å². The summed E-state index contributed by atoms with van der Waals surface area (Å²) in [6.45, 7) is 2.64. The maximum absolute atomic E-state index is 6.01. The molecule has 2 aliphatic rings. The predicted octanol–water partition coefficient (Wildman–Crippen LogP) is 1.31. The Balaban J connectivity index is 1.48. The van der Waals surface area contributed by atoms with Crippen LogP contribution in [0.2, 0.25) is 0 Å². The Bertz CT molecular complexity index is 642. The topological polar surface area (TPSA) is 69.2 Å². The molecule has 3 heterocycles. The van der Waals surface area contributed by atoms with Crippen molar-refractivity contribution >= 4 is 11.0 Å². The summed E-state index contributed by atoms with van der Waals surface area (Å²) in [4.78, 5) is 4.41. The zero-order valence-electron chi connectivity index (χ0n) is 11.8. The number of benzene rings is 1. The number of nitrogens with one attached hydrogen (secondary N) is 1. The van der Waals surface area contributed by atoms with E-state index in [4.69, 9.17) is 9.47 Å². The summed E-state index contributed by atoms with van der Waals surface area (Å²) in [5, 5.41) is 11.6. The zero-order valence-corrected chi connectivity index (χ0v) is 11.8. The second-order valence-corrected chi connectivity index (χ2v) is 5.77. The van der Waals surface area contributed by atoms with Gasteiger partial charge in [-0.3, -0.25) is 0 Å². The molecule has 2 aromatic rings. The van der Waals surface area contributed by atoms with Gasteiger partial charge >= 0.3 is 6.01 Å². The van der Waals surface area contributed by atoms with Crippen molar-refractivity contribution in [2.45, 2.75) is 31.0 Å². The lowest BCUT2D eigenvalue weighted by atomic mass is 9.89. The van der Waals surface area contributed by atoms with Gasteiger partial charge in [0.15, 0.2) is 0 Å². The third kappa shape index (κ3) is 2.56. The summed E-state index contributed by atoms with van der Waals surface area (Å²) in [6, 6.07) is 8.00. The first-order valence-electron chi connectivity index (χ1n) is 7.44. The van der Waals surface area contributed by atoms with E-state index < -0.39 is 0 Å². The molecule has 1 aromatic carbocycles. The van der Waals surface area contributed by atoms with Crippen LogP contribution in [0.25, 0.3) is 11.0 Å². The first kappa shape index (κ1) is 12.9. The molecule has 21 heavy (non-hydrogen) atoms. The van der Waals surface area contributed by atoms with E-state index in [-0.39, 0.29) is 11.7 Å². The molecule has 1 N–H and O–H groups in total. The van der Waals surface area contributed by atoms with Crippen LogP contribution in [0.15, 0.2) is 24.3 Å². The number of nitrogens with zero attached hydrogens (tertiary/aromatic N) is 3. The van der Waals surface area contributed by atoms with E-state index in [1.165, 1.54) is 0 Å². The van der Waals surface area contributed by atoms with Gasteiger partial charge in [-0.15, -0.1) is 5.10 Å². The highest BCUT2D eigenvalue weighted by Crippen LogP contribution is 2.35. The van der Waals surface area contributed by atoms with Crippen LogP contribution in [0.3, 0.4) is 0 Å². The SMILES string of the molecule is c1ccc2nc(OC3COC4(CCNCC4)C3)nnc2c1. The van der Waals surface area contributed by atoms with Crippen molar-refractivity contribution in [2.24, 2.45) is 0 Å². The quantitative estimate of drug-likeness (QED) is 0.898. The highest BCUT2D eigenvalue weighted by atomic mass is 16.6. The van der Waals surface area contributed by atoms with Crippen molar-refractivity contribution in [2.75, 3.05) is 19.7 Å². The summed E-state index contributed by atoms with van der Waals surface area (Å²) in [5.41, 5.74) is 1.57. The molecule has 0 saturated carbocycles. The van der Waals surface area contributed by atoms with Gasteiger partial charge in [-0.2, -0.15) is 4.98 Å². The van der Waals surface area contributed by atoms with Crippen molar-refractivity contribution in [1.29, 1.82) is 0 Å². The number of fused-ring (bicyclic) bond motifs is 1. The second kappa shape index (κ2) is 5.20. The molecular formula is C15H18N4O2. The molecular weight excluding hydrogens is 268 g/mol. The van der Waals surface area contributed by atoms with Crippen LogP contribution in [0.1, 0.15) is 19.3 Å². The minimum absolute atomic E-state index is 0.0137. The molecule has 0 amide bonds. The number of rotatable bonds is 2. The largest absolute Gasteiger partial charge is 0.456 e. The van der Waals surface area contributed by atoms with Gasteiger partial charge in [-0.1, -0.05) is 17.2 Å². The molecule has 0 bridgehead atoms. The molecule has 2 aliphatic heterocycles. The Morgan fingerprint density at radius 2 is 1.95 bits per heavy atom. The van der Waals surface area contributed by atoms with Crippen molar-refractivity contribution in [3.8, 4) is 6.01 Å². The number of hydrogen-bond donors (Lipinski definition) is 1. The summed E-state index contributed by atoms with van der Waals surface area (Å²) in [7, 11) is 0. The third-order valence-corrected chi connectivity index (χ3v) is 4.30. The summed E-state index contributed by atoms with van der Waals surface area (Å²) in [5.74, 6) is 0. The maximum Gasteiger partial charge on any atom is 0.336 e. The van der Waals surface area contributed by atoms with Crippen LogP contribution in [0, 0.1) is 0 Å². The predicted molar refractivity (Wildman–Crippen MR) is 77.2 cm³/mol. The van der Waals surface area contributed by atoms with E-state index in [2.05, 4.69) is 20.5 Å². The minimum atomic E-state index is -0.0137. The van der Waals surface area contributed by atoms with Crippen LogP contribution < -0.4 is 10.1 Å². The van der Waals surface area contributed by atoms with Gasteiger partial charge in [-0.05, 0) is 38.1 Å². The Morgan fingerprint density at radius 3 is 2.81 bits per heavy atom. The molecule has 6 nitrogen and oxygen atoms in total. The summed E-state index contributed by atoms with van der Waals surface area (Å²) >= 11 is 0. The van der Waals surface area contributed by atoms with Gasteiger partial charge in [0.25, 0.3) is 0 Å². The first-order valence-corrected chi connectivity index (χ1v) is 7.44. The van der Waals surface area contributed by atoms with E-state index in [9.17, 15) is 0 Å². The van der Waals surface area contributed by atoms with E-state index in [0.29, 0.717) is 12.6 Å². The van der Waals surface area contributed by atoms with E-state index in [1.807, 2.05) is 24.3 Å². The summed E-state index contributed by atoms with van der Waals surface area (Å²) < 4.78 is 11.9. The van der Waals surface area contributed by atoms with E-state index >= 15 is 0 Å². The highest BCUT2D eigenvalue weighted by molar-refractivity contribution is 5.73. The standard InChI is InChI=1S/C15H18N4O2/c1-2-4-13-12(3-1)17-14(19-18-13)21-11-9-15(20-10-11)5-7-16-8-6-15/h1-4,11,16H,5-10H2. The fourth-order valence-corrected chi connectivity index (χ4v) is 3.17. The number of ether oxygens (including phenoxy) is 2. The van der Waals surface area contributed by atoms with Gasteiger partial charge in [-0.25, -0.2) is 0 Å². The smallest absolute Gasteiger partial charge is 0.336 e. The van der Waals surface area contributed by atoms with Crippen LogP contribution in [-0.4, -0.2) is 46.6 Å². The van der Waals surface area contributed by atoms with Crippen LogP contribution in [0.4, 0.5) is 0 Å². The van der Waals surface area contributed by atoms with Crippen molar-refractivity contribution in [3.63, 3.8) is 0 Å². The fourth-order valence-electron chi connectivity index (χ4n) is 3.17. The maximum atomic E-state index is 6.01. The molecule has 110 valence electrons. The first-order chi connectivity index (χ1) is 10.3. The van der Waals surface area contributed by atoms with Gasteiger partial charge in [0.05, 0.1) is 17.7 Å². The highest BCUT2D eigenvalue weighted by Gasteiger charge is 2.42. The van der Waals surface area contributed by atoms with Crippen LogP contribution in [0.5, 0.6) is 6.01 Å². The zero-order chi connectivity index (χ0) is 14.1. The Labute approximate surface area is 122 Å². The van der Waals surface area contributed by atoms with Crippen molar-refractivity contribution in [1.82, 2.24) is 20.5 Å². The Morgan fingerprint density at radius 1 is 1.14 bits per heavy atom. The third-order valence-electron chi connectivity index (χ3n) is 4.30.